The minimum absolute atomic E-state index is 0. The number of hydrogen-bond donors (Lipinski definition) is 2. The molecule has 186 valence electrons. The number of hydrogen-bond acceptors (Lipinski definition) is 9. The molecule has 1 heterocycles. The summed E-state index contributed by atoms with van der Waals surface area (Å²) in [4.78, 5) is 13.4. The van der Waals surface area contributed by atoms with E-state index in [0.717, 1.165) is 0 Å². The summed E-state index contributed by atoms with van der Waals surface area (Å²) in [6, 6.07) is 18.9. The van der Waals surface area contributed by atoms with Crippen LogP contribution >= 0.6 is 23.6 Å². The second-order valence-electron chi connectivity index (χ2n) is 7.26. The van der Waals surface area contributed by atoms with E-state index in [1.54, 1.807) is 49.4 Å². The molecule has 37 heavy (non-hydrogen) atoms. The summed E-state index contributed by atoms with van der Waals surface area (Å²) in [6.45, 7) is 1.63. The minimum Gasteiger partial charge on any atom is -0.691 e. The second-order valence-corrected chi connectivity index (χ2v) is 10.2. The number of aryl methyl sites for hydroxylation is 1. The summed E-state index contributed by atoms with van der Waals surface area (Å²) >= 11 is 6.74. The molecule has 15 heteroatoms. The normalized spacial score (nSPS) is 11.4. The van der Waals surface area contributed by atoms with Crippen molar-refractivity contribution in [1.82, 2.24) is 9.78 Å². The van der Waals surface area contributed by atoms with E-state index in [9.17, 15) is 18.5 Å². The van der Waals surface area contributed by atoms with Gasteiger partial charge in [-0.2, -0.15) is 9.45 Å². The maximum atomic E-state index is 13.0. The molecule has 0 saturated carbocycles. The van der Waals surface area contributed by atoms with Crippen molar-refractivity contribution >= 4 is 50.7 Å². The predicted octanol–water partition coefficient (Wildman–Crippen LogP) is 1.58. The molecule has 0 radical (unpaired) electrons. The molecule has 1 aromatic heterocycles. The van der Waals surface area contributed by atoms with Crippen LogP contribution in [0, 0.1) is 6.92 Å². The Morgan fingerprint density at radius 1 is 1.05 bits per heavy atom. The van der Waals surface area contributed by atoms with Gasteiger partial charge in [0.1, 0.15) is 0 Å². The topological polar surface area (TPSA) is 150 Å². The first-order valence-corrected chi connectivity index (χ1v) is 12.7. The summed E-state index contributed by atoms with van der Waals surface area (Å²) in [5.74, 6) is 0. The number of halogens is 1. The Morgan fingerprint density at radius 3 is 2.54 bits per heavy atom. The third kappa shape index (κ3) is 7.31. The fraction of sp³-hybridized carbons (Fsp3) is 0.0455. The molecule has 3 aromatic carbocycles. The molecule has 4 rings (SSSR count). The van der Waals surface area contributed by atoms with Crippen molar-refractivity contribution < 1.29 is 52.6 Å². The molecule has 0 aliphatic heterocycles. The van der Waals surface area contributed by atoms with Crippen LogP contribution in [0.4, 0.5) is 17.1 Å². The van der Waals surface area contributed by atoms with Crippen molar-refractivity contribution in [1.29, 1.82) is 0 Å². The van der Waals surface area contributed by atoms with Crippen molar-refractivity contribution in [2.45, 2.75) is 16.7 Å². The molecule has 0 aliphatic carbocycles. The van der Waals surface area contributed by atoms with E-state index < -0.39 is 15.6 Å². The smallest absolute Gasteiger partial charge is 0.691 e. The minimum atomic E-state index is -3.86. The first kappa shape index (κ1) is 29.1. The molecule has 0 fully saturated rings. The quantitative estimate of drug-likeness (QED) is 0.102. The number of nitrogens with zero attached hydrogens (tertiary/aromatic N) is 3. The molecule has 4 aromatic rings. The maximum Gasteiger partial charge on any atom is 1.00 e. The summed E-state index contributed by atoms with van der Waals surface area (Å²) in [5, 5.41) is 24.7. The number of aromatic amines is 1. The molecule has 0 atom stereocenters. The van der Waals surface area contributed by atoms with Gasteiger partial charge in [0.15, 0.2) is 5.69 Å². The molecule has 11 nitrogen and oxygen atoms in total. The Kier molecular flexibility index (Phi) is 10.1. The average Bonchev–Trinajstić information content (AvgIpc) is 3.14. The van der Waals surface area contributed by atoms with Crippen molar-refractivity contribution in [2.24, 2.45) is 10.2 Å². The molecule has 0 saturated heterocycles. The molecular formula is C22H17ClN5NaO6S2. The molecule has 0 spiro atoms. The van der Waals surface area contributed by atoms with Gasteiger partial charge in [-0.1, -0.05) is 35.9 Å². The van der Waals surface area contributed by atoms with Crippen molar-refractivity contribution in [3.8, 4) is 5.69 Å². The van der Waals surface area contributed by atoms with Gasteiger partial charge in [-0.15, -0.1) is 5.11 Å². The fourth-order valence-electron chi connectivity index (χ4n) is 3.16. The van der Waals surface area contributed by atoms with E-state index in [0.29, 0.717) is 34.0 Å². The molecule has 0 unspecified atom stereocenters. The van der Waals surface area contributed by atoms with Crippen LogP contribution in [-0.4, -0.2) is 18.2 Å². The number of para-hydroxylation sites is 1. The number of nitrogens with one attached hydrogen (secondary N) is 2. The van der Waals surface area contributed by atoms with E-state index in [-0.39, 0.29) is 50.9 Å². The monoisotopic (exact) mass is 569 g/mol. The van der Waals surface area contributed by atoms with E-state index in [1.165, 1.54) is 35.0 Å². The standard InChI is InChI=1S/C22H18ClN5O6S2.Na/c1-14-21(22(29)28(26-14)18-10-15(23)11-19(13-18)35-34-33-30)25-24-17-8-5-9-20(12-17)36(31,32)27-16-6-3-2-4-7-16;/h2-13,26-27,30H,1H3;/q;+1/p-1. The maximum absolute atomic E-state index is 13.0. The van der Waals surface area contributed by atoms with Gasteiger partial charge >= 0.3 is 29.6 Å². The van der Waals surface area contributed by atoms with Crippen LogP contribution in [0.5, 0.6) is 0 Å². The average molecular weight is 570 g/mol. The summed E-state index contributed by atoms with van der Waals surface area (Å²) in [5.41, 5.74) is 0.904. The number of rotatable bonds is 9. The number of sulfonamides is 1. The second kappa shape index (κ2) is 12.9. The van der Waals surface area contributed by atoms with Gasteiger partial charge in [-0.25, -0.2) is 13.1 Å². The van der Waals surface area contributed by atoms with E-state index >= 15 is 0 Å². The summed E-state index contributed by atoms with van der Waals surface area (Å²) in [7, 11) is -3.86. The molecule has 0 aliphatic rings. The number of anilines is 1. The molecule has 0 amide bonds. The van der Waals surface area contributed by atoms with Gasteiger partial charge in [-0.05, 0) is 55.5 Å². The summed E-state index contributed by atoms with van der Waals surface area (Å²) < 4.78 is 33.4. The zero-order valence-electron chi connectivity index (χ0n) is 19.4. The first-order valence-electron chi connectivity index (χ1n) is 10.1. The SMILES string of the molecule is Cc1[nH]n(-c2cc(Cl)cc(SOO[O-])c2)c(=O)c1N=Nc1cccc(S(=O)(=O)Nc2ccccc2)c1.[Na+]. The van der Waals surface area contributed by atoms with Gasteiger partial charge in [0, 0.05) is 15.6 Å². The molecule has 0 bridgehead atoms. The Hall–Kier alpha value is -2.46. The Balaban J connectivity index is 0.00000380. The van der Waals surface area contributed by atoms with Crippen LogP contribution in [0.1, 0.15) is 5.69 Å². The Bertz CT molecular complexity index is 1580. The number of azo groups is 1. The summed E-state index contributed by atoms with van der Waals surface area (Å²) in [6.07, 6.45) is 0. The number of aromatic nitrogens is 2. The third-order valence-corrected chi connectivity index (χ3v) is 6.88. The molecule has 2 N–H and O–H groups in total. The van der Waals surface area contributed by atoms with Gasteiger partial charge in [-0.3, -0.25) is 19.7 Å². The van der Waals surface area contributed by atoms with Gasteiger partial charge < -0.3 is 5.26 Å². The van der Waals surface area contributed by atoms with Crippen LogP contribution < -0.4 is 45.1 Å². The third-order valence-electron chi connectivity index (χ3n) is 4.73. The van der Waals surface area contributed by atoms with Crippen molar-refractivity contribution in [3.05, 3.63) is 93.9 Å². The number of H-pyrrole nitrogens is 1. The largest absolute Gasteiger partial charge is 1.00 e. The van der Waals surface area contributed by atoms with E-state index in [1.807, 2.05) is 0 Å². The van der Waals surface area contributed by atoms with Crippen LogP contribution in [0.2, 0.25) is 5.02 Å². The van der Waals surface area contributed by atoms with Gasteiger partial charge in [0.05, 0.1) is 34.0 Å². The van der Waals surface area contributed by atoms with Crippen LogP contribution in [0.25, 0.3) is 5.69 Å². The number of benzene rings is 3. The van der Waals surface area contributed by atoms with Crippen LogP contribution in [0.3, 0.4) is 0 Å². The predicted molar refractivity (Wildman–Crippen MR) is 132 cm³/mol. The first-order chi connectivity index (χ1) is 17.3. The van der Waals surface area contributed by atoms with E-state index in [2.05, 4.69) is 29.4 Å². The van der Waals surface area contributed by atoms with Gasteiger partial charge in [0.2, 0.25) is 0 Å². The zero-order valence-corrected chi connectivity index (χ0v) is 23.8. The van der Waals surface area contributed by atoms with E-state index in [4.69, 9.17) is 11.6 Å². The van der Waals surface area contributed by atoms with Gasteiger partial charge in [0.25, 0.3) is 15.6 Å². The van der Waals surface area contributed by atoms with Crippen LogP contribution in [-0.2, 0) is 19.4 Å². The Labute approximate surface area is 242 Å². The van der Waals surface area contributed by atoms with Crippen molar-refractivity contribution in [3.63, 3.8) is 0 Å². The Morgan fingerprint density at radius 2 is 1.81 bits per heavy atom. The fourth-order valence-corrected chi connectivity index (χ4v) is 5.00. The van der Waals surface area contributed by atoms with Crippen LogP contribution in [0.15, 0.2) is 97.6 Å². The zero-order chi connectivity index (χ0) is 25.7. The molecular weight excluding hydrogens is 553 g/mol. The van der Waals surface area contributed by atoms with Crippen molar-refractivity contribution in [2.75, 3.05) is 4.72 Å².